The molecule has 0 radical (unpaired) electrons. The van der Waals surface area contributed by atoms with Crippen molar-refractivity contribution in [2.75, 3.05) is 12.3 Å². The minimum absolute atomic E-state index is 0.0858. The first kappa shape index (κ1) is 25.2. The Morgan fingerprint density at radius 3 is 1.89 bits per heavy atom. The average molecular weight is 405 g/mol. The minimum Gasteiger partial charge on any atom is -0.480 e. The predicted octanol–water partition coefficient (Wildman–Crippen LogP) is -0.494. The Morgan fingerprint density at radius 2 is 1.44 bits per heavy atom. The second kappa shape index (κ2) is 12.6. The maximum Gasteiger partial charge on any atom is 0.326 e. The molecule has 0 aromatic carbocycles. The molecule has 6 N–H and O–H groups in total. The van der Waals surface area contributed by atoms with Crippen molar-refractivity contribution >= 4 is 36.3 Å². The maximum atomic E-state index is 12.3. The smallest absolute Gasteiger partial charge is 0.326 e. The van der Waals surface area contributed by atoms with E-state index in [2.05, 4.69) is 28.6 Å². The molecule has 156 valence electrons. The summed E-state index contributed by atoms with van der Waals surface area (Å²) in [5.41, 5.74) is 5.60. The summed E-state index contributed by atoms with van der Waals surface area (Å²) in [5, 5.41) is 16.5. The fourth-order valence-electron chi connectivity index (χ4n) is 2.29. The second-order valence-electron chi connectivity index (χ2n) is 7.29. The van der Waals surface area contributed by atoms with Crippen LogP contribution in [0.15, 0.2) is 0 Å². The van der Waals surface area contributed by atoms with Crippen molar-refractivity contribution < 1.29 is 24.3 Å². The molecule has 3 amide bonds. The van der Waals surface area contributed by atoms with E-state index in [9.17, 15) is 19.2 Å². The number of carbonyl (C=O) groups is 4. The van der Waals surface area contributed by atoms with E-state index < -0.39 is 41.8 Å². The van der Waals surface area contributed by atoms with Gasteiger partial charge in [-0.3, -0.25) is 14.4 Å². The number of thiol groups is 1. The summed E-state index contributed by atoms with van der Waals surface area (Å²) in [6.07, 6.45) is 0.645. The molecule has 0 aromatic heterocycles. The Hall–Kier alpha value is -1.81. The quantitative estimate of drug-likeness (QED) is 0.242. The third-order valence-electron chi connectivity index (χ3n) is 3.64. The van der Waals surface area contributed by atoms with E-state index in [1.54, 1.807) is 0 Å². The number of rotatable bonds is 12. The van der Waals surface area contributed by atoms with Gasteiger partial charge in [-0.2, -0.15) is 12.6 Å². The van der Waals surface area contributed by atoms with Crippen molar-refractivity contribution in [3.05, 3.63) is 0 Å². The van der Waals surface area contributed by atoms with Gasteiger partial charge in [-0.1, -0.05) is 27.7 Å². The van der Waals surface area contributed by atoms with E-state index in [1.165, 1.54) is 0 Å². The van der Waals surface area contributed by atoms with Crippen LogP contribution in [0.4, 0.5) is 0 Å². The van der Waals surface area contributed by atoms with Gasteiger partial charge >= 0.3 is 5.97 Å². The lowest BCUT2D eigenvalue weighted by atomic mass is 10.0. The van der Waals surface area contributed by atoms with Gasteiger partial charge in [0.25, 0.3) is 0 Å². The number of nitrogens with one attached hydrogen (secondary N) is 3. The Bertz CT molecular complexity index is 527. The molecule has 9 nitrogen and oxygen atoms in total. The third-order valence-corrected chi connectivity index (χ3v) is 4.03. The van der Waals surface area contributed by atoms with Crippen LogP contribution in [-0.2, 0) is 19.2 Å². The van der Waals surface area contributed by atoms with Crippen LogP contribution in [0.2, 0.25) is 0 Å². The normalized spacial score (nSPS) is 14.4. The van der Waals surface area contributed by atoms with Gasteiger partial charge in [-0.25, -0.2) is 4.79 Å². The van der Waals surface area contributed by atoms with Crippen LogP contribution in [-0.4, -0.2) is 59.2 Å². The molecule has 27 heavy (non-hydrogen) atoms. The van der Waals surface area contributed by atoms with Gasteiger partial charge in [0.15, 0.2) is 0 Å². The van der Waals surface area contributed by atoms with Gasteiger partial charge in [-0.05, 0) is 24.7 Å². The zero-order chi connectivity index (χ0) is 21.1. The number of carbonyl (C=O) groups excluding carboxylic acids is 3. The highest BCUT2D eigenvalue weighted by atomic mass is 32.1. The highest BCUT2D eigenvalue weighted by Gasteiger charge is 2.25. The standard InChI is InChI=1S/C17H32N4O5S/c1-9(2)5-12(21-15(23)11(18)8-27)16(24)19-7-14(22)20-13(17(25)26)6-10(3)4/h9-13,27H,5-8,18H2,1-4H3,(H,19,24)(H,20,22)(H,21,23)(H,25,26). The average Bonchev–Trinajstić information content (AvgIpc) is 2.56. The van der Waals surface area contributed by atoms with E-state index in [4.69, 9.17) is 10.8 Å². The Kier molecular flexibility index (Phi) is 11.7. The fraction of sp³-hybridized carbons (Fsp3) is 0.765. The molecule has 0 fully saturated rings. The van der Waals surface area contributed by atoms with E-state index in [1.807, 2.05) is 27.7 Å². The number of carboxylic acid groups (broad SMARTS) is 1. The molecule has 0 aliphatic carbocycles. The highest BCUT2D eigenvalue weighted by molar-refractivity contribution is 7.80. The summed E-state index contributed by atoms with van der Waals surface area (Å²) in [7, 11) is 0. The lowest BCUT2D eigenvalue weighted by Crippen LogP contribution is -2.54. The molecule has 0 rings (SSSR count). The monoisotopic (exact) mass is 404 g/mol. The van der Waals surface area contributed by atoms with E-state index in [0.29, 0.717) is 6.42 Å². The highest BCUT2D eigenvalue weighted by Crippen LogP contribution is 2.06. The number of aliphatic carboxylic acids is 1. The van der Waals surface area contributed by atoms with Gasteiger partial charge in [0.1, 0.15) is 12.1 Å². The SMILES string of the molecule is CC(C)CC(NC(=O)CNC(=O)C(CC(C)C)NC(=O)C(N)CS)C(=O)O. The summed E-state index contributed by atoms with van der Waals surface area (Å²) in [6.45, 7) is 7.09. The van der Waals surface area contributed by atoms with E-state index in [0.717, 1.165) is 0 Å². The van der Waals surface area contributed by atoms with Crippen LogP contribution in [0.5, 0.6) is 0 Å². The van der Waals surface area contributed by atoms with Gasteiger partial charge in [-0.15, -0.1) is 0 Å². The maximum absolute atomic E-state index is 12.3. The molecule has 0 aliphatic rings. The molecule has 10 heteroatoms. The number of amides is 3. The molecular weight excluding hydrogens is 372 g/mol. The molecule has 0 heterocycles. The van der Waals surface area contributed by atoms with Crippen molar-refractivity contribution in [1.29, 1.82) is 0 Å². The summed E-state index contributed by atoms with van der Waals surface area (Å²) in [6, 6.07) is -2.71. The molecule has 0 saturated heterocycles. The molecule has 0 aliphatic heterocycles. The Labute approximate surface area is 165 Å². The number of nitrogens with two attached hydrogens (primary N) is 1. The van der Waals surface area contributed by atoms with Gasteiger partial charge in [0, 0.05) is 5.75 Å². The van der Waals surface area contributed by atoms with Gasteiger partial charge in [0.2, 0.25) is 17.7 Å². The summed E-state index contributed by atoms with van der Waals surface area (Å²) >= 11 is 3.95. The zero-order valence-corrected chi connectivity index (χ0v) is 17.2. The second-order valence-corrected chi connectivity index (χ2v) is 7.65. The van der Waals surface area contributed by atoms with Crippen molar-refractivity contribution in [1.82, 2.24) is 16.0 Å². The topological polar surface area (TPSA) is 151 Å². The predicted molar refractivity (Wildman–Crippen MR) is 105 cm³/mol. The van der Waals surface area contributed by atoms with Gasteiger partial charge in [0.05, 0.1) is 12.6 Å². The van der Waals surface area contributed by atoms with Crippen LogP contribution in [0, 0.1) is 11.8 Å². The Balaban J connectivity index is 4.75. The summed E-state index contributed by atoms with van der Waals surface area (Å²) in [4.78, 5) is 47.4. The van der Waals surface area contributed by atoms with Crippen molar-refractivity contribution in [2.45, 2.75) is 58.7 Å². The van der Waals surface area contributed by atoms with Crippen LogP contribution in [0.1, 0.15) is 40.5 Å². The van der Waals surface area contributed by atoms with Crippen molar-refractivity contribution in [2.24, 2.45) is 17.6 Å². The van der Waals surface area contributed by atoms with Crippen molar-refractivity contribution in [3.63, 3.8) is 0 Å². The van der Waals surface area contributed by atoms with Crippen LogP contribution < -0.4 is 21.7 Å². The first-order valence-electron chi connectivity index (χ1n) is 8.94. The molecule has 3 unspecified atom stereocenters. The number of hydrogen-bond donors (Lipinski definition) is 6. The Morgan fingerprint density at radius 1 is 0.926 bits per heavy atom. The lowest BCUT2D eigenvalue weighted by molar-refractivity contribution is -0.142. The number of carboxylic acids is 1. The largest absolute Gasteiger partial charge is 0.480 e. The minimum atomic E-state index is -1.13. The van der Waals surface area contributed by atoms with E-state index in [-0.39, 0.29) is 30.6 Å². The molecule has 0 bridgehead atoms. The first-order valence-corrected chi connectivity index (χ1v) is 9.57. The molecule has 0 saturated carbocycles. The lowest BCUT2D eigenvalue weighted by Gasteiger charge is -2.22. The van der Waals surface area contributed by atoms with Crippen LogP contribution >= 0.6 is 12.6 Å². The zero-order valence-electron chi connectivity index (χ0n) is 16.3. The van der Waals surface area contributed by atoms with Crippen LogP contribution in [0.25, 0.3) is 0 Å². The molecule has 3 atom stereocenters. The third kappa shape index (κ3) is 10.8. The summed E-state index contributed by atoms with van der Waals surface area (Å²) in [5.74, 6) is -2.44. The summed E-state index contributed by atoms with van der Waals surface area (Å²) < 4.78 is 0. The molecular formula is C17H32N4O5S. The van der Waals surface area contributed by atoms with E-state index >= 15 is 0 Å². The van der Waals surface area contributed by atoms with Gasteiger partial charge < -0.3 is 26.8 Å². The number of hydrogen-bond acceptors (Lipinski definition) is 6. The fourth-order valence-corrected chi connectivity index (χ4v) is 2.46. The first-order chi connectivity index (χ1) is 12.5. The van der Waals surface area contributed by atoms with Crippen molar-refractivity contribution in [3.8, 4) is 0 Å². The molecule has 0 spiro atoms. The van der Waals surface area contributed by atoms with Crippen LogP contribution in [0.3, 0.4) is 0 Å². The molecule has 0 aromatic rings.